The van der Waals surface area contributed by atoms with E-state index in [2.05, 4.69) is 44.2 Å². The molecule has 0 atom stereocenters. The maximum Gasteiger partial charge on any atom is 0.255 e. The monoisotopic (exact) mass is 464 g/mol. The van der Waals surface area contributed by atoms with Crippen molar-refractivity contribution >= 4 is 28.9 Å². The summed E-state index contributed by atoms with van der Waals surface area (Å²) in [5.74, 6) is 0.423. The maximum absolute atomic E-state index is 13.3. The minimum absolute atomic E-state index is 0.0650. The second-order valence-corrected chi connectivity index (χ2v) is 9.54. The summed E-state index contributed by atoms with van der Waals surface area (Å²) in [6.07, 6.45) is 3.17. The highest BCUT2D eigenvalue weighted by atomic mass is 32.1. The molecule has 3 aromatic rings. The van der Waals surface area contributed by atoms with E-state index in [1.807, 2.05) is 23.1 Å². The van der Waals surface area contributed by atoms with Crippen molar-refractivity contribution in [3.63, 3.8) is 0 Å². The topological polar surface area (TPSA) is 123 Å². The summed E-state index contributed by atoms with van der Waals surface area (Å²) in [5, 5.41) is 18.7. The summed E-state index contributed by atoms with van der Waals surface area (Å²) in [5.41, 5.74) is 1.90. The summed E-state index contributed by atoms with van der Waals surface area (Å²) < 4.78 is 5.42. The van der Waals surface area contributed by atoms with E-state index in [9.17, 15) is 4.79 Å². The van der Waals surface area contributed by atoms with Crippen molar-refractivity contribution in [1.82, 2.24) is 30.0 Å². The van der Waals surface area contributed by atoms with Crippen LogP contribution in [0.25, 0.3) is 10.6 Å². The van der Waals surface area contributed by atoms with E-state index in [1.165, 1.54) is 6.20 Å². The SMILES string of the molecule is CC1(C)c2sc(-c3ccnc(Nc4cn[nH]c4C#N)n3)cc2C(=O)N1CCN1CCOCC1. The molecule has 1 saturated heterocycles. The number of hydrogen-bond donors (Lipinski definition) is 2. The Morgan fingerprint density at radius 2 is 2.15 bits per heavy atom. The lowest BCUT2D eigenvalue weighted by molar-refractivity contribution is 0.0263. The van der Waals surface area contributed by atoms with Crippen LogP contribution in [0.15, 0.2) is 24.5 Å². The van der Waals surface area contributed by atoms with Crippen LogP contribution >= 0.6 is 11.3 Å². The van der Waals surface area contributed by atoms with E-state index in [0.717, 1.165) is 53.9 Å². The highest BCUT2D eigenvalue weighted by Gasteiger charge is 2.44. The first-order valence-electron chi connectivity index (χ1n) is 10.8. The fourth-order valence-electron chi connectivity index (χ4n) is 4.24. The zero-order valence-corrected chi connectivity index (χ0v) is 19.3. The minimum Gasteiger partial charge on any atom is -0.379 e. The summed E-state index contributed by atoms with van der Waals surface area (Å²) in [7, 11) is 0. The molecule has 5 rings (SSSR count). The van der Waals surface area contributed by atoms with Gasteiger partial charge in [-0.1, -0.05) is 0 Å². The van der Waals surface area contributed by atoms with Gasteiger partial charge < -0.3 is 15.0 Å². The lowest BCUT2D eigenvalue weighted by Gasteiger charge is -2.35. The lowest BCUT2D eigenvalue weighted by atomic mass is 10.0. The van der Waals surface area contributed by atoms with Crippen LogP contribution in [0.1, 0.15) is 34.8 Å². The highest BCUT2D eigenvalue weighted by Crippen LogP contribution is 2.45. The number of thiophene rings is 1. The van der Waals surface area contributed by atoms with Gasteiger partial charge in [-0.15, -0.1) is 11.3 Å². The zero-order valence-electron chi connectivity index (χ0n) is 18.5. The van der Waals surface area contributed by atoms with Crippen molar-refractivity contribution in [2.45, 2.75) is 19.4 Å². The van der Waals surface area contributed by atoms with Crippen molar-refractivity contribution in [2.24, 2.45) is 0 Å². The number of carbonyl (C=O) groups is 1. The van der Waals surface area contributed by atoms with E-state index in [0.29, 0.717) is 23.9 Å². The molecule has 0 bridgehead atoms. The molecule has 0 aliphatic carbocycles. The Morgan fingerprint density at radius 1 is 1.33 bits per heavy atom. The van der Waals surface area contributed by atoms with Gasteiger partial charge >= 0.3 is 0 Å². The second kappa shape index (κ2) is 8.55. The molecule has 0 unspecified atom stereocenters. The Hall–Kier alpha value is -3.33. The molecule has 2 N–H and O–H groups in total. The number of ether oxygens (including phenoxy) is 1. The van der Waals surface area contributed by atoms with Crippen molar-refractivity contribution < 1.29 is 9.53 Å². The predicted octanol–water partition coefficient (Wildman–Crippen LogP) is 2.57. The predicted molar refractivity (Wildman–Crippen MR) is 123 cm³/mol. The molecule has 33 heavy (non-hydrogen) atoms. The first kappa shape index (κ1) is 21.5. The fraction of sp³-hybridized carbons (Fsp3) is 0.409. The van der Waals surface area contributed by atoms with Crippen LogP contribution < -0.4 is 5.32 Å². The number of rotatable bonds is 6. The molecule has 11 heteroatoms. The van der Waals surface area contributed by atoms with Crippen LogP contribution in [0.4, 0.5) is 11.6 Å². The molecule has 0 aromatic carbocycles. The number of nitriles is 1. The van der Waals surface area contributed by atoms with Gasteiger partial charge in [-0.2, -0.15) is 10.4 Å². The normalized spacial score (nSPS) is 17.7. The molecule has 10 nitrogen and oxygen atoms in total. The average Bonchev–Trinajstić information content (AvgIpc) is 3.50. The minimum atomic E-state index is -0.381. The standard InChI is InChI=1S/C22H24N8O2S/c1-22(2)19-14(20(31)30(22)6-5-29-7-9-32-10-8-29)11-18(33-19)15-3-4-24-21(26-15)27-17-13-25-28-16(17)12-23/h3-4,11,13H,5-10H2,1-2H3,(H,25,28)(H,24,26,27). The van der Waals surface area contributed by atoms with Crippen LogP contribution in [-0.4, -0.2) is 75.3 Å². The Morgan fingerprint density at radius 3 is 2.91 bits per heavy atom. The van der Waals surface area contributed by atoms with Crippen LogP contribution in [-0.2, 0) is 10.3 Å². The van der Waals surface area contributed by atoms with Gasteiger partial charge in [0.1, 0.15) is 6.07 Å². The van der Waals surface area contributed by atoms with Crippen molar-refractivity contribution in [3.05, 3.63) is 40.7 Å². The molecule has 1 fully saturated rings. The van der Waals surface area contributed by atoms with E-state index in [4.69, 9.17) is 10.00 Å². The summed E-state index contributed by atoms with van der Waals surface area (Å²) in [6.45, 7) is 9.07. The zero-order chi connectivity index (χ0) is 23.0. The molecular formula is C22H24N8O2S. The summed E-state index contributed by atoms with van der Waals surface area (Å²) in [6, 6.07) is 5.79. The number of H-pyrrole nitrogens is 1. The van der Waals surface area contributed by atoms with Crippen molar-refractivity contribution in [2.75, 3.05) is 44.7 Å². The number of hydrogen-bond acceptors (Lipinski definition) is 9. The van der Waals surface area contributed by atoms with E-state index >= 15 is 0 Å². The van der Waals surface area contributed by atoms with E-state index in [-0.39, 0.29) is 11.4 Å². The number of anilines is 2. The average molecular weight is 465 g/mol. The van der Waals surface area contributed by atoms with Crippen LogP contribution in [0, 0.1) is 11.3 Å². The Kier molecular flexibility index (Phi) is 5.57. The van der Waals surface area contributed by atoms with Crippen LogP contribution in [0.3, 0.4) is 0 Å². The number of fused-ring (bicyclic) bond motifs is 1. The van der Waals surface area contributed by atoms with Gasteiger partial charge in [0.2, 0.25) is 5.95 Å². The molecular weight excluding hydrogens is 440 g/mol. The fourth-order valence-corrected chi connectivity index (χ4v) is 5.47. The molecule has 170 valence electrons. The Labute approximate surface area is 195 Å². The number of nitrogens with zero attached hydrogens (tertiary/aromatic N) is 6. The molecule has 1 amide bonds. The number of nitrogens with one attached hydrogen (secondary N) is 2. The summed E-state index contributed by atoms with van der Waals surface area (Å²) in [4.78, 5) is 28.4. The van der Waals surface area contributed by atoms with Crippen molar-refractivity contribution in [1.29, 1.82) is 5.26 Å². The molecule has 0 radical (unpaired) electrons. The Bertz CT molecular complexity index is 1220. The first-order valence-corrected chi connectivity index (χ1v) is 11.6. The second-order valence-electron chi connectivity index (χ2n) is 8.48. The van der Waals surface area contributed by atoms with E-state index in [1.54, 1.807) is 17.5 Å². The largest absolute Gasteiger partial charge is 0.379 e. The van der Waals surface area contributed by atoms with Crippen LogP contribution in [0.2, 0.25) is 0 Å². The van der Waals surface area contributed by atoms with Gasteiger partial charge in [0.05, 0.1) is 46.8 Å². The quantitative estimate of drug-likeness (QED) is 0.571. The van der Waals surface area contributed by atoms with Gasteiger partial charge in [0.15, 0.2) is 5.69 Å². The number of amides is 1. The van der Waals surface area contributed by atoms with Gasteiger partial charge in [-0.05, 0) is 26.0 Å². The van der Waals surface area contributed by atoms with Gasteiger partial charge in [-0.3, -0.25) is 14.8 Å². The highest BCUT2D eigenvalue weighted by molar-refractivity contribution is 7.16. The molecule has 0 spiro atoms. The number of morpholine rings is 1. The smallest absolute Gasteiger partial charge is 0.255 e. The maximum atomic E-state index is 13.3. The number of aromatic amines is 1. The van der Waals surface area contributed by atoms with Gasteiger partial charge in [-0.25, -0.2) is 9.97 Å². The lowest BCUT2D eigenvalue weighted by Crippen LogP contribution is -2.46. The number of aromatic nitrogens is 4. The molecule has 0 saturated carbocycles. The third-order valence-electron chi connectivity index (χ3n) is 6.09. The third-order valence-corrected chi connectivity index (χ3v) is 7.56. The van der Waals surface area contributed by atoms with E-state index < -0.39 is 0 Å². The third kappa shape index (κ3) is 3.97. The first-order chi connectivity index (χ1) is 16.0. The Balaban J connectivity index is 1.35. The molecule has 2 aliphatic rings. The number of carbonyl (C=O) groups excluding carboxylic acids is 1. The summed E-state index contributed by atoms with van der Waals surface area (Å²) >= 11 is 1.59. The molecule has 3 aromatic heterocycles. The molecule has 5 heterocycles. The molecule has 2 aliphatic heterocycles. The van der Waals surface area contributed by atoms with Crippen LogP contribution in [0.5, 0.6) is 0 Å². The van der Waals surface area contributed by atoms with Gasteiger partial charge in [0, 0.05) is 37.3 Å². The van der Waals surface area contributed by atoms with Gasteiger partial charge in [0.25, 0.3) is 5.91 Å². The van der Waals surface area contributed by atoms with Crippen molar-refractivity contribution in [3.8, 4) is 16.6 Å².